The summed E-state index contributed by atoms with van der Waals surface area (Å²) in [7, 11) is 0. The Bertz CT molecular complexity index is 313. The van der Waals surface area contributed by atoms with E-state index in [-0.39, 0.29) is 18.1 Å². The van der Waals surface area contributed by atoms with Crippen molar-refractivity contribution < 1.29 is 5.11 Å². The maximum Gasteiger partial charge on any atom is 0.251 e. The van der Waals surface area contributed by atoms with Crippen LogP contribution in [0.15, 0.2) is 22.2 Å². The molecule has 0 aromatic carbocycles. The van der Waals surface area contributed by atoms with Crippen LogP contribution in [-0.2, 0) is 0 Å². The van der Waals surface area contributed by atoms with Crippen LogP contribution < -0.4 is 5.56 Å². The smallest absolute Gasteiger partial charge is 0.251 e. The molecule has 0 saturated carbocycles. The number of aromatic amines is 1. The van der Waals surface area contributed by atoms with Crippen molar-refractivity contribution >= 4 is 11.8 Å². The Morgan fingerprint density at radius 1 is 1.77 bits per heavy atom. The Morgan fingerprint density at radius 3 is 3.15 bits per heavy atom. The van der Waals surface area contributed by atoms with Crippen molar-refractivity contribution in [1.82, 2.24) is 9.97 Å². The van der Waals surface area contributed by atoms with E-state index in [0.29, 0.717) is 5.16 Å². The summed E-state index contributed by atoms with van der Waals surface area (Å²) in [6, 6.07) is 1.37. The third kappa shape index (κ3) is 3.61. The molecule has 0 bridgehead atoms. The first-order valence-electron chi connectivity index (χ1n) is 4.01. The van der Waals surface area contributed by atoms with Gasteiger partial charge in [0, 0.05) is 24.6 Å². The summed E-state index contributed by atoms with van der Waals surface area (Å²) in [6.45, 7) is 2.10. The predicted molar refractivity (Wildman–Crippen MR) is 51.8 cm³/mol. The van der Waals surface area contributed by atoms with Gasteiger partial charge in [-0.05, 0) is 5.92 Å². The Hall–Kier alpha value is -0.810. The zero-order valence-electron chi connectivity index (χ0n) is 7.36. The highest BCUT2D eigenvalue weighted by Crippen LogP contribution is 2.13. The van der Waals surface area contributed by atoms with E-state index in [9.17, 15) is 4.79 Å². The molecule has 0 aliphatic carbocycles. The summed E-state index contributed by atoms with van der Waals surface area (Å²) >= 11 is 1.44. The van der Waals surface area contributed by atoms with E-state index >= 15 is 0 Å². The third-order valence-corrected chi connectivity index (χ3v) is 2.68. The molecule has 0 fully saturated rings. The maximum absolute atomic E-state index is 10.8. The molecular weight excluding hydrogens is 188 g/mol. The number of hydrogen-bond acceptors (Lipinski definition) is 4. The Kier molecular flexibility index (Phi) is 3.98. The molecule has 72 valence electrons. The number of nitrogens with one attached hydrogen (secondary N) is 1. The lowest BCUT2D eigenvalue weighted by atomic mass is 10.2. The number of thioether (sulfide) groups is 1. The van der Waals surface area contributed by atoms with Crippen LogP contribution >= 0.6 is 11.8 Å². The quantitative estimate of drug-likeness (QED) is 0.548. The number of aromatic nitrogens is 2. The van der Waals surface area contributed by atoms with Gasteiger partial charge in [-0.2, -0.15) is 0 Å². The molecular formula is C8H12N2O2S. The zero-order chi connectivity index (χ0) is 9.68. The van der Waals surface area contributed by atoms with Gasteiger partial charge in [-0.15, -0.1) is 0 Å². The second kappa shape index (κ2) is 5.04. The average Bonchev–Trinajstić information content (AvgIpc) is 2.14. The minimum atomic E-state index is -0.144. The summed E-state index contributed by atoms with van der Waals surface area (Å²) in [5.41, 5.74) is -0.144. The molecule has 5 heteroatoms. The average molecular weight is 200 g/mol. The Morgan fingerprint density at radius 2 is 2.54 bits per heavy atom. The summed E-state index contributed by atoms with van der Waals surface area (Å²) in [6.07, 6.45) is 1.48. The topological polar surface area (TPSA) is 66.0 Å². The van der Waals surface area contributed by atoms with E-state index in [1.54, 1.807) is 0 Å². The van der Waals surface area contributed by atoms with Crippen LogP contribution in [0.2, 0.25) is 0 Å². The summed E-state index contributed by atoms with van der Waals surface area (Å²) in [5, 5.41) is 9.37. The molecule has 0 saturated heterocycles. The first kappa shape index (κ1) is 10.3. The molecule has 1 heterocycles. The van der Waals surface area contributed by atoms with Gasteiger partial charge in [0.2, 0.25) is 0 Å². The number of aliphatic hydroxyl groups is 1. The normalized spacial score (nSPS) is 12.8. The summed E-state index contributed by atoms with van der Waals surface area (Å²) in [4.78, 5) is 17.4. The van der Waals surface area contributed by atoms with Gasteiger partial charge in [0.25, 0.3) is 5.56 Å². The first-order chi connectivity index (χ1) is 6.22. The van der Waals surface area contributed by atoms with E-state index in [4.69, 9.17) is 5.11 Å². The Balaban J connectivity index is 2.50. The lowest BCUT2D eigenvalue weighted by Crippen LogP contribution is -2.08. The molecule has 1 aromatic rings. The van der Waals surface area contributed by atoms with Crippen LogP contribution in [0.5, 0.6) is 0 Å². The number of aliphatic hydroxyl groups excluding tert-OH is 1. The highest BCUT2D eigenvalue weighted by atomic mass is 32.2. The van der Waals surface area contributed by atoms with E-state index in [2.05, 4.69) is 9.97 Å². The van der Waals surface area contributed by atoms with Crippen molar-refractivity contribution in [1.29, 1.82) is 0 Å². The molecule has 0 spiro atoms. The van der Waals surface area contributed by atoms with Gasteiger partial charge in [0.15, 0.2) is 5.16 Å². The molecule has 0 radical (unpaired) electrons. The van der Waals surface area contributed by atoms with Crippen molar-refractivity contribution in [2.45, 2.75) is 12.1 Å². The molecule has 0 aliphatic heterocycles. The second-order valence-electron chi connectivity index (χ2n) is 2.84. The Labute approximate surface area is 80.4 Å². The van der Waals surface area contributed by atoms with E-state index < -0.39 is 0 Å². The second-order valence-corrected chi connectivity index (χ2v) is 3.85. The fourth-order valence-corrected chi connectivity index (χ4v) is 1.56. The summed E-state index contributed by atoms with van der Waals surface area (Å²) in [5.74, 6) is 0.971. The number of hydrogen-bond donors (Lipinski definition) is 2. The molecule has 2 N–H and O–H groups in total. The minimum Gasteiger partial charge on any atom is -0.396 e. The van der Waals surface area contributed by atoms with Gasteiger partial charge in [0.1, 0.15) is 0 Å². The maximum atomic E-state index is 10.8. The number of nitrogens with zero attached hydrogens (tertiary/aromatic N) is 1. The molecule has 1 unspecified atom stereocenters. The molecule has 1 rings (SSSR count). The van der Waals surface area contributed by atoms with Crippen molar-refractivity contribution in [3.63, 3.8) is 0 Å². The van der Waals surface area contributed by atoms with Gasteiger partial charge in [-0.1, -0.05) is 18.7 Å². The van der Waals surface area contributed by atoms with Crippen molar-refractivity contribution in [2.75, 3.05) is 12.4 Å². The fourth-order valence-electron chi connectivity index (χ4n) is 0.699. The van der Waals surface area contributed by atoms with Crippen LogP contribution in [0.3, 0.4) is 0 Å². The van der Waals surface area contributed by atoms with Crippen molar-refractivity contribution in [3.05, 3.63) is 22.6 Å². The van der Waals surface area contributed by atoms with Crippen LogP contribution in [0, 0.1) is 5.92 Å². The molecule has 0 amide bonds. The van der Waals surface area contributed by atoms with Crippen LogP contribution in [0.4, 0.5) is 0 Å². The van der Waals surface area contributed by atoms with Crippen LogP contribution in [0.1, 0.15) is 6.92 Å². The minimum absolute atomic E-state index is 0.144. The van der Waals surface area contributed by atoms with Gasteiger partial charge >= 0.3 is 0 Å². The highest BCUT2D eigenvalue weighted by molar-refractivity contribution is 7.99. The molecule has 1 aromatic heterocycles. The first-order valence-corrected chi connectivity index (χ1v) is 5.00. The van der Waals surface area contributed by atoms with Crippen LogP contribution in [0.25, 0.3) is 0 Å². The fraction of sp³-hybridized carbons (Fsp3) is 0.500. The van der Waals surface area contributed by atoms with Gasteiger partial charge in [-0.25, -0.2) is 4.98 Å². The van der Waals surface area contributed by atoms with Crippen molar-refractivity contribution in [2.24, 2.45) is 5.92 Å². The van der Waals surface area contributed by atoms with Crippen molar-refractivity contribution in [3.8, 4) is 0 Å². The molecule has 0 aliphatic rings. The predicted octanol–water partition coefficient (Wildman–Crippen LogP) is 0.490. The van der Waals surface area contributed by atoms with Gasteiger partial charge in [-0.3, -0.25) is 4.79 Å². The molecule has 1 atom stereocenters. The number of H-pyrrole nitrogens is 1. The molecule has 4 nitrogen and oxygen atoms in total. The number of rotatable bonds is 4. The monoisotopic (exact) mass is 200 g/mol. The van der Waals surface area contributed by atoms with Crippen LogP contribution in [-0.4, -0.2) is 27.4 Å². The van der Waals surface area contributed by atoms with E-state index in [1.807, 2.05) is 6.92 Å². The SMILES string of the molecule is CC(CO)CSc1nccc(=O)[nH]1. The third-order valence-electron chi connectivity index (χ3n) is 1.46. The zero-order valence-corrected chi connectivity index (χ0v) is 8.17. The largest absolute Gasteiger partial charge is 0.396 e. The lowest BCUT2D eigenvalue weighted by molar-refractivity contribution is 0.250. The molecule has 13 heavy (non-hydrogen) atoms. The van der Waals surface area contributed by atoms with E-state index in [0.717, 1.165) is 5.75 Å². The van der Waals surface area contributed by atoms with Gasteiger partial charge in [0.05, 0.1) is 0 Å². The van der Waals surface area contributed by atoms with E-state index in [1.165, 1.54) is 24.0 Å². The lowest BCUT2D eigenvalue weighted by Gasteiger charge is -2.05. The van der Waals surface area contributed by atoms with Gasteiger partial charge < -0.3 is 10.1 Å². The highest BCUT2D eigenvalue weighted by Gasteiger charge is 2.02. The summed E-state index contributed by atoms with van der Waals surface area (Å²) < 4.78 is 0. The standard InChI is InChI=1S/C8H12N2O2S/c1-6(4-11)5-13-8-9-3-2-7(12)10-8/h2-3,6,11H,4-5H2,1H3,(H,9,10,12).